The Morgan fingerprint density at radius 3 is 2.62 bits per heavy atom. The number of amides is 1. The van der Waals surface area contributed by atoms with Crippen molar-refractivity contribution in [2.75, 3.05) is 0 Å². The lowest BCUT2D eigenvalue weighted by Crippen LogP contribution is -2.24. The van der Waals surface area contributed by atoms with Crippen molar-refractivity contribution in [3.63, 3.8) is 0 Å². The molecule has 110 valence electrons. The largest absolute Gasteiger partial charge is 0.477 e. The van der Waals surface area contributed by atoms with Crippen LogP contribution in [0.2, 0.25) is 0 Å². The van der Waals surface area contributed by atoms with E-state index in [0.717, 1.165) is 5.56 Å². The van der Waals surface area contributed by atoms with Crippen molar-refractivity contribution in [2.45, 2.75) is 13.8 Å². The van der Waals surface area contributed by atoms with Crippen LogP contribution in [0.15, 0.2) is 27.0 Å². The first-order chi connectivity index (χ1) is 9.79. The molecular formula is C14H14N2O5. The third kappa shape index (κ3) is 2.86. The highest BCUT2D eigenvalue weighted by atomic mass is 16.4. The van der Waals surface area contributed by atoms with E-state index in [1.54, 1.807) is 26.1 Å². The molecule has 2 N–H and O–H groups in total. The summed E-state index contributed by atoms with van der Waals surface area (Å²) in [5, 5.41) is 11.3. The number of carbonyl (C=O) groups excluding carboxylic acids is 1. The molecule has 0 radical (unpaired) electrons. The van der Waals surface area contributed by atoms with Gasteiger partial charge in [0, 0.05) is 14.0 Å². The van der Waals surface area contributed by atoms with Crippen LogP contribution in [0, 0.1) is 6.92 Å². The van der Waals surface area contributed by atoms with Crippen LogP contribution in [-0.2, 0) is 16.6 Å². The fraction of sp³-hybridized carbons (Fsp3) is 0.214. The molecule has 7 nitrogen and oxygen atoms in total. The summed E-state index contributed by atoms with van der Waals surface area (Å²) in [5.41, 5.74) is 2.04. The van der Waals surface area contributed by atoms with Crippen LogP contribution in [0.3, 0.4) is 0 Å². The number of aliphatic carboxylic acids is 1. The van der Waals surface area contributed by atoms with Crippen molar-refractivity contribution in [3.05, 3.63) is 39.5 Å². The Kier molecular flexibility index (Phi) is 3.66. The highest BCUT2D eigenvalue weighted by molar-refractivity contribution is 5.96. The smallest absolute Gasteiger partial charge is 0.419 e. The average molecular weight is 290 g/mol. The molecule has 21 heavy (non-hydrogen) atoms. The first-order valence-corrected chi connectivity index (χ1v) is 6.12. The lowest BCUT2D eigenvalue weighted by Gasteiger charge is -2.04. The molecule has 0 aliphatic carbocycles. The maximum absolute atomic E-state index is 11.5. The molecule has 2 rings (SSSR count). The van der Waals surface area contributed by atoms with E-state index in [0.29, 0.717) is 16.7 Å². The molecule has 7 heteroatoms. The second kappa shape index (κ2) is 5.28. The van der Waals surface area contributed by atoms with Gasteiger partial charge in [0.2, 0.25) is 5.91 Å². The molecule has 0 spiro atoms. The Morgan fingerprint density at radius 1 is 1.38 bits per heavy atom. The van der Waals surface area contributed by atoms with E-state index in [-0.39, 0.29) is 5.70 Å². The number of hydrogen-bond donors (Lipinski definition) is 2. The number of nitrogens with one attached hydrogen (secondary N) is 1. The summed E-state index contributed by atoms with van der Waals surface area (Å²) < 4.78 is 6.47. The van der Waals surface area contributed by atoms with Crippen LogP contribution >= 0.6 is 0 Å². The molecule has 0 bridgehead atoms. The maximum Gasteiger partial charge on any atom is 0.419 e. The number of carboxylic acid groups (broad SMARTS) is 1. The molecule has 0 atom stereocenters. The SMILES string of the molecule is CC(=O)N/C(=C\c1cc(C)c2c(c1)oc(=O)n2C)C(=O)O. The van der Waals surface area contributed by atoms with Crippen molar-refractivity contribution in [1.29, 1.82) is 0 Å². The van der Waals surface area contributed by atoms with Crippen LogP contribution in [0.25, 0.3) is 17.2 Å². The Bertz CT molecular complexity index is 826. The molecule has 1 heterocycles. The van der Waals surface area contributed by atoms with Crippen molar-refractivity contribution in [3.8, 4) is 0 Å². The third-order valence-corrected chi connectivity index (χ3v) is 2.95. The highest BCUT2D eigenvalue weighted by Crippen LogP contribution is 2.20. The number of carboxylic acids is 1. The summed E-state index contributed by atoms with van der Waals surface area (Å²) in [5.74, 6) is -2.22. The van der Waals surface area contributed by atoms with Gasteiger partial charge in [0.1, 0.15) is 5.70 Å². The monoisotopic (exact) mass is 290 g/mol. The minimum Gasteiger partial charge on any atom is -0.477 e. The van der Waals surface area contributed by atoms with Gasteiger partial charge in [-0.1, -0.05) is 0 Å². The Balaban J connectivity index is 2.59. The molecule has 1 amide bonds. The van der Waals surface area contributed by atoms with Crippen molar-refractivity contribution < 1.29 is 19.1 Å². The summed E-state index contributed by atoms with van der Waals surface area (Å²) >= 11 is 0. The van der Waals surface area contributed by atoms with Crippen molar-refractivity contribution in [1.82, 2.24) is 9.88 Å². The molecule has 0 saturated heterocycles. The number of aromatic nitrogens is 1. The summed E-state index contributed by atoms with van der Waals surface area (Å²) in [4.78, 5) is 33.6. The summed E-state index contributed by atoms with van der Waals surface area (Å²) in [7, 11) is 1.59. The second-order valence-corrected chi connectivity index (χ2v) is 4.66. The van der Waals surface area contributed by atoms with Crippen molar-refractivity contribution in [2.24, 2.45) is 7.05 Å². The van der Waals surface area contributed by atoms with Gasteiger partial charge < -0.3 is 14.8 Å². The Morgan fingerprint density at radius 2 is 2.05 bits per heavy atom. The Labute approximate surface area is 119 Å². The van der Waals surface area contributed by atoms with Gasteiger partial charge >= 0.3 is 11.7 Å². The Hall–Kier alpha value is -2.83. The van der Waals surface area contributed by atoms with E-state index in [2.05, 4.69) is 5.32 Å². The quantitative estimate of drug-likeness (QED) is 0.821. The number of rotatable bonds is 3. The van der Waals surface area contributed by atoms with Gasteiger partial charge in [0.05, 0.1) is 5.52 Å². The second-order valence-electron chi connectivity index (χ2n) is 4.66. The van der Waals surface area contributed by atoms with Crippen molar-refractivity contribution >= 4 is 29.1 Å². The number of carbonyl (C=O) groups is 2. The molecule has 0 aliphatic heterocycles. The number of benzene rings is 1. The van der Waals surface area contributed by atoms with E-state index in [9.17, 15) is 14.4 Å². The van der Waals surface area contributed by atoms with Gasteiger partial charge in [0.15, 0.2) is 5.58 Å². The van der Waals surface area contributed by atoms with Crippen LogP contribution in [0.4, 0.5) is 0 Å². The zero-order valence-corrected chi connectivity index (χ0v) is 11.8. The summed E-state index contributed by atoms with van der Waals surface area (Å²) in [6.07, 6.45) is 1.31. The topological polar surface area (TPSA) is 102 Å². The van der Waals surface area contributed by atoms with Crippen LogP contribution in [0.1, 0.15) is 18.1 Å². The van der Waals surface area contributed by atoms with Gasteiger partial charge in [-0.25, -0.2) is 9.59 Å². The molecule has 1 aromatic carbocycles. The molecule has 0 unspecified atom stereocenters. The molecule has 0 fully saturated rings. The fourth-order valence-electron chi connectivity index (χ4n) is 2.13. The normalized spacial score (nSPS) is 11.7. The number of oxazole rings is 1. The van der Waals surface area contributed by atoms with Gasteiger partial charge in [-0.15, -0.1) is 0 Å². The molecule has 2 aromatic rings. The van der Waals surface area contributed by atoms with Gasteiger partial charge in [0.25, 0.3) is 0 Å². The van der Waals surface area contributed by atoms with E-state index in [4.69, 9.17) is 9.52 Å². The lowest BCUT2D eigenvalue weighted by atomic mass is 10.1. The van der Waals surface area contributed by atoms with Crippen LogP contribution < -0.4 is 11.1 Å². The van der Waals surface area contributed by atoms with Gasteiger partial charge in [-0.2, -0.15) is 0 Å². The zero-order chi connectivity index (χ0) is 15.7. The highest BCUT2D eigenvalue weighted by Gasteiger charge is 2.12. The predicted molar refractivity (Wildman–Crippen MR) is 75.6 cm³/mol. The minimum atomic E-state index is -1.25. The van der Waals surface area contributed by atoms with Gasteiger partial charge in [-0.3, -0.25) is 9.36 Å². The lowest BCUT2D eigenvalue weighted by molar-refractivity contribution is -0.134. The van der Waals surface area contributed by atoms with E-state index in [1.807, 2.05) is 0 Å². The van der Waals surface area contributed by atoms with Gasteiger partial charge in [-0.05, 0) is 36.3 Å². The predicted octanol–water partition coefficient (Wildman–Crippen LogP) is 1.00. The summed E-state index contributed by atoms with van der Waals surface area (Å²) in [6, 6.07) is 3.26. The standard InChI is InChI=1S/C14H14N2O5/c1-7-4-9(5-10(13(18)19)15-8(2)17)6-11-12(7)16(3)14(20)21-11/h4-6H,1-3H3,(H,15,17)(H,18,19)/b10-5-. The average Bonchev–Trinajstić information content (AvgIpc) is 2.63. The third-order valence-electron chi connectivity index (χ3n) is 2.95. The molecule has 0 aliphatic rings. The van der Waals surface area contributed by atoms with Crippen LogP contribution in [-0.4, -0.2) is 21.6 Å². The van der Waals surface area contributed by atoms with E-state index in [1.165, 1.54) is 17.6 Å². The van der Waals surface area contributed by atoms with Crippen LogP contribution in [0.5, 0.6) is 0 Å². The molecular weight excluding hydrogens is 276 g/mol. The number of nitrogens with zero attached hydrogens (tertiary/aromatic N) is 1. The maximum atomic E-state index is 11.5. The fourth-order valence-corrected chi connectivity index (χ4v) is 2.13. The number of hydrogen-bond acceptors (Lipinski definition) is 4. The molecule has 0 saturated carbocycles. The minimum absolute atomic E-state index is 0.250. The number of fused-ring (bicyclic) bond motifs is 1. The van der Waals surface area contributed by atoms with E-state index >= 15 is 0 Å². The van der Waals surface area contributed by atoms with E-state index < -0.39 is 17.6 Å². The first kappa shape index (κ1) is 14.6. The number of aryl methyl sites for hydroxylation is 2. The summed E-state index contributed by atoms with van der Waals surface area (Å²) in [6.45, 7) is 3.01. The molecule has 1 aromatic heterocycles. The zero-order valence-electron chi connectivity index (χ0n) is 11.8. The first-order valence-electron chi connectivity index (χ1n) is 6.12.